The van der Waals surface area contributed by atoms with Gasteiger partial charge in [-0.3, -0.25) is 0 Å². The fourth-order valence-electron chi connectivity index (χ4n) is 6.00. The molecule has 0 heterocycles. The highest BCUT2D eigenvalue weighted by Gasteiger charge is 2.17. The van der Waals surface area contributed by atoms with Crippen molar-refractivity contribution in [2.24, 2.45) is 17.6 Å². The average Bonchev–Trinajstić information content (AvgIpc) is 2.92. The first-order valence-electron chi connectivity index (χ1n) is 15.1. The molecule has 1 aliphatic rings. The summed E-state index contributed by atoms with van der Waals surface area (Å²) in [5.74, 6) is 0.889. The largest absolute Gasteiger partial charge is 0.330 e. The SMILES string of the molecule is C=C/C=C(/CCCCC(=N)C(CC)CCN)CCCC1=c2ccccc2=C(C(C=C)CCCCC)CC1. The second kappa shape index (κ2) is 18.1. The molecule has 2 nitrogen and oxygen atoms in total. The highest BCUT2D eigenvalue weighted by atomic mass is 14.5. The Hall–Kier alpha value is -2.19. The predicted molar refractivity (Wildman–Crippen MR) is 165 cm³/mol. The second-order valence-corrected chi connectivity index (χ2v) is 10.8. The van der Waals surface area contributed by atoms with Crippen LogP contribution in [0.15, 0.2) is 61.2 Å². The molecule has 2 unspecified atom stereocenters. The minimum Gasteiger partial charge on any atom is -0.330 e. The molecule has 1 aliphatic carbocycles. The normalized spacial score (nSPS) is 15.3. The summed E-state index contributed by atoms with van der Waals surface area (Å²) in [7, 11) is 0. The van der Waals surface area contributed by atoms with E-state index in [4.69, 9.17) is 11.1 Å². The van der Waals surface area contributed by atoms with Gasteiger partial charge in [-0.1, -0.05) is 98.9 Å². The third kappa shape index (κ3) is 10.2. The van der Waals surface area contributed by atoms with E-state index in [9.17, 15) is 0 Å². The van der Waals surface area contributed by atoms with Crippen molar-refractivity contribution in [1.82, 2.24) is 0 Å². The summed E-state index contributed by atoms with van der Waals surface area (Å²) >= 11 is 0. The van der Waals surface area contributed by atoms with Gasteiger partial charge >= 0.3 is 0 Å². The summed E-state index contributed by atoms with van der Waals surface area (Å²) in [4.78, 5) is 0. The number of hydrogen-bond donors (Lipinski definition) is 2. The molecule has 2 heteroatoms. The molecule has 0 saturated heterocycles. The Morgan fingerprint density at radius 3 is 2.35 bits per heavy atom. The Morgan fingerprint density at radius 1 is 0.946 bits per heavy atom. The zero-order chi connectivity index (χ0) is 26.9. The summed E-state index contributed by atoms with van der Waals surface area (Å²) in [6.07, 6.45) is 23.6. The van der Waals surface area contributed by atoms with Crippen LogP contribution in [0.3, 0.4) is 0 Å². The molecule has 204 valence electrons. The number of allylic oxidation sites excluding steroid dienone is 4. The van der Waals surface area contributed by atoms with Crippen LogP contribution < -0.4 is 16.2 Å². The maximum atomic E-state index is 8.40. The van der Waals surface area contributed by atoms with Crippen molar-refractivity contribution in [2.75, 3.05) is 6.54 Å². The maximum absolute atomic E-state index is 8.40. The number of nitrogens with two attached hydrogens (primary N) is 1. The Bertz CT molecular complexity index is 996. The predicted octanol–water partition coefficient (Wildman–Crippen LogP) is 8.40. The molecule has 0 amide bonds. The third-order valence-electron chi connectivity index (χ3n) is 8.23. The molecule has 1 aromatic rings. The van der Waals surface area contributed by atoms with Crippen LogP contribution in [0.4, 0.5) is 0 Å². The van der Waals surface area contributed by atoms with Crippen molar-refractivity contribution < 1.29 is 0 Å². The third-order valence-corrected chi connectivity index (χ3v) is 8.23. The van der Waals surface area contributed by atoms with Gasteiger partial charge in [-0.05, 0) is 106 Å². The molecule has 37 heavy (non-hydrogen) atoms. The van der Waals surface area contributed by atoms with Crippen LogP contribution in [0.5, 0.6) is 0 Å². The number of rotatable bonds is 20. The van der Waals surface area contributed by atoms with Crippen molar-refractivity contribution in [2.45, 2.75) is 110 Å². The van der Waals surface area contributed by atoms with Crippen LogP contribution in [0, 0.1) is 17.2 Å². The van der Waals surface area contributed by atoms with Crippen LogP contribution in [0.2, 0.25) is 0 Å². The molecule has 0 fully saturated rings. The molecule has 3 N–H and O–H groups in total. The van der Waals surface area contributed by atoms with Gasteiger partial charge in [0, 0.05) is 5.71 Å². The summed E-state index contributed by atoms with van der Waals surface area (Å²) in [6, 6.07) is 9.10. The van der Waals surface area contributed by atoms with E-state index in [1.807, 2.05) is 6.08 Å². The van der Waals surface area contributed by atoms with Crippen molar-refractivity contribution >= 4 is 16.9 Å². The lowest BCUT2D eigenvalue weighted by molar-refractivity contribution is 0.591. The quantitative estimate of drug-likeness (QED) is 0.0799. The molecule has 0 spiro atoms. The van der Waals surface area contributed by atoms with Crippen LogP contribution in [0.1, 0.15) is 110 Å². The van der Waals surface area contributed by atoms with Crippen LogP contribution in [-0.4, -0.2) is 12.3 Å². The molecule has 0 aromatic heterocycles. The van der Waals surface area contributed by atoms with E-state index in [0.29, 0.717) is 18.4 Å². The van der Waals surface area contributed by atoms with Crippen molar-refractivity contribution in [1.29, 1.82) is 5.41 Å². The number of fused-ring (bicyclic) bond motifs is 1. The van der Waals surface area contributed by atoms with Crippen molar-refractivity contribution in [3.8, 4) is 0 Å². The Morgan fingerprint density at radius 2 is 1.68 bits per heavy atom. The monoisotopic (exact) mass is 502 g/mol. The zero-order valence-corrected chi connectivity index (χ0v) is 24.0. The molecule has 1 aromatic carbocycles. The average molecular weight is 503 g/mol. The maximum Gasteiger partial charge on any atom is 0.0120 e. The van der Waals surface area contributed by atoms with E-state index >= 15 is 0 Å². The molecular formula is C35H54N2. The van der Waals surface area contributed by atoms with Gasteiger partial charge in [-0.25, -0.2) is 0 Å². The topological polar surface area (TPSA) is 49.9 Å². The van der Waals surface area contributed by atoms with E-state index in [1.54, 1.807) is 11.1 Å². The molecular weight excluding hydrogens is 448 g/mol. The molecule has 0 radical (unpaired) electrons. The van der Waals surface area contributed by atoms with Gasteiger partial charge in [0.1, 0.15) is 0 Å². The number of unbranched alkanes of at least 4 members (excludes halogenated alkanes) is 3. The first-order chi connectivity index (χ1) is 18.1. The van der Waals surface area contributed by atoms with Gasteiger partial charge in [-0.2, -0.15) is 0 Å². The summed E-state index contributed by atoms with van der Waals surface area (Å²) < 4.78 is 0. The van der Waals surface area contributed by atoms with Gasteiger partial charge in [0.15, 0.2) is 0 Å². The van der Waals surface area contributed by atoms with Gasteiger partial charge in [-0.15, -0.1) is 6.58 Å². The summed E-state index contributed by atoms with van der Waals surface area (Å²) in [6.45, 7) is 13.3. The number of benzene rings is 1. The van der Waals surface area contributed by atoms with Crippen LogP contribution in [0.25, 0.3) is 11.1 Å². The van der Waals surface area contributed by atoms with Crippen LogP contribution in [-0.2, 0) is 0 Å². The lowest BCUT2D eigenvalue weighted by atomic mass is 9.82. The van der Waals surface area contributed by atoms with Gasteiger partial charge in [0.25, 0.3) is 0 Å². The lowest BCUT2D eigenvalue weighted by Crippen LogP contribution is -2.33. The van der Waals surface area contributed by atoms with E-state index in [0.717, 1.165) is 50.7 Å². The minimum atomic E-state index is 0.374. The first kappa shape index (κ1) is 31.0. The smallest absolute Gasteiger partial charge is 0.0120 e. The van der Waals surface area contributed by atoms with Gasteiger partial charge in [0.2, 0.25) is 0 Å². The van der Waals surface area contributed by atoms with E-state index < -0.39 is 0 Å². The standard InChI is InChI=1S/C35H54N2/c1-5-9-10-19-29(7-3)33-25-24-31(32-21-12-13-22-34(32)33)20-15-18-28(16-6-2)17-11-14-23-35(37)30(8-4)26-27-36/h6-7,12-13,16,21-22,29-30,37H,2-3,5,8-11,14-15,17-20,23-27,36H2,1,4H3/b28-16-,37-35?. The number of nitrogens with one attached hydrogen (secondary N) is 1. The van der Waals surface area contributed by atoms with E-state index in [1.165, 1.54) is 67.4 Å². The van der Waals surface area contributed by atoms with E-state index in [2.05, 4.69) is 63.4 Å². The van der Waals surface area contributed by atoms with Crippen molar-refractivity contribution in [3.05, 3.63) is 71.7 Å². The van der Waals surface area contributed by atoms with Crippen LogP contribution >= 0.6 is 0 Å². The van der Waals surface area contributed by atoms with Crippen molar-refractivity contribution in [3.63, 3.8) is 0 Å². The van der Waals surface area contributed by atoms with E-state index in [-0.39, 0.29) is 0 Å². The second-order valence-electron chi connectivity index (χ2n) is 10.8. The molecule has 0 aliphatic heterocycles. The summed E-state index contributed by atoms with van der Waals surface area (Å²) in [5, 5.41) is 11.4. The lowest BCUT2D eigenvalue weighted by Gasteiger charge is -2.23. The highest BCUT2D eigenvalue weighted by molar-refractivity contribution is 5.83. The zero-order valence-electron chi connectivity index (χ0n) is 24.0. The number of hydrogen-bond acceptors (Lipinski definition) is 2. The Balaban J connectivity index is 1.98. The fourth-order valence-corrected chi connectivity index (χ4v) is 6.00. The molecule has 0 bridgehead atoms. The first-order valence-corrected chi connectivity index (χ1v) is 15.1. The molecule has 0 saturated carbocycles. The molecule has 2 atom stereocenters. The minimum absolute atomic E-state index is 0.374. The Labute approximate surface area is 228 Å². The highest BCUT2D eigenvalue weighted by Crippen LogP contribution is 2.29. The summed E-state index contributed by atoms with van der Waals surface area (Å²) in [5.41, 5.74) is 11.4. The van der Waals surface area contributed by atoms with Gasteiger partial charge < -0.3 is 11.1 Å². The molecule has 2 rings (SSSR count). The van der Waals surface area contributed by atoms with Gasteiger partial charge in [0.05, 0.1) is 0 Å². The Kier molecular flexibility index (Phi) is 15.2. The fraction of sp³-hybridized carbons (Fsp3) is 0.571.